The number of benzene rings is 2. The minimum absolute atomic E-state index is 0.0103. The molecule has 0 aliphatic rings. The van der Waals surface area contributed by atoms with Crippen LogP contribution in [0.4, 0.5) is 8.78 Å². The second-order valence-corrected chi connectivity index (χ2v) is 4.71. The first-order chi connectivity index (χ1) is 11.5. The van der Waals surface area contributed by atoms with Gasteiger partial charge < -0.3 is 9.47 Å². The molecular formula is C18H14F2O4. The second-order valence-electron chi connectivity index (χ2n) is 4.71. The molecular weight excluding hydrogens is 318 g/mol. The first kappa shape index (κ1) is 17.3. The lowest BCUT2D eigenvalue weighted by molar-refractivity contribution is -0.0498. The molecule has 0 aliphatic carbocycles. The number of hydrogen-bond acceptors (Lipinski definition) is 4. The van der Waals surface area contributed by atoms with E-state index in [9.17, 15) is 18.4 Å². The van der Waals surface area contributed by atoms with Crippen LogP contribution in [0.15, 0.2) is 54.6 Å². The van der Waals surface area contributed by atoms with E-state index in [0.29, 0.717) is 11.1 Å². The maximum atomic E-state index is 12.1. The van der Waals surface area contributed by atoms with Gasteiger partial charge in [0.05, 0.1) is 12.7 Å². The number of allylic oxidation sites excluding steroid dienone is 1. The quantitative estimate of drug-likeness (QED) is 0.456. The fourth-order valence-electron chi connectivity index (χ4n) is 1.92. The van der Waals surface area contributed by atoms with Crippen molar-refractivity contribution in [1.29, 1.82) is 0 Å². The summed E-state index contributed by atoms with van der Waals surface area (Å²) in [4.78, 5) is 23.3. The van der Waals surface area contributed by atoms with Gasteiger partial charge in [0.15, 0.2) is 5.78 Å². The molecule has 2 aromatic rings. The SMILES string of the molecule is COC(=O)c1ccc(C=CC(=O)c2ccc(OC(F)F)cc2)cc1. The summed E-state index contributed by atoms with van der Waals surface area (Å²) >= 11 is 0. The third kappa shape index (κ3) is 4.74. The zero-order chi connectivity index (χ0) is 17.5. The summed E-state index contributed by atoms with van der Waals surface area (Å²) in [6.07, 6.45) is 2.95. The Morgan fingerprint density at radius 1 is 0.958 bits per heavy atom. The number of carbonyl (C=O) groups is 2. The normalized spacial score (nSPS) is 10.8. The topological polar surface area (TPSA) is 52.6 Å². The van der Waals surface area contributed by atoms with Gasteiger partial charge in [-0.2, -0.15) is 8.78 Å². The van der Waals surface area contributed by atoms with Crippen molar-refractivity contribution < 1.29 is 27.8 Å². The van der Waals surface area contributed by atoms with Crippen molar-refractivity contribution in [3.8, 4) is 5.75 Å². The van der Waals surface area contributed by atoms with Crippen molar-refractivity contribution in [3.63, 3.8) is 0 Å². The molecule has 2 aromatic carbocycles. The Bertz CT molecular complexity index is 735. The number of carbonyl (C=O) groups excluding carboxylic acids is 2. The maximum absolute atomic E-state index is 12.1. The summed E-state index contributed by atoms with van der Waals surface area (Å²) in [5.41, 5.74) is 1.49. The monoisotopic (exact) mass is 332 g/mol. The van der Waals surface area contributed by atoms with E-state index in [1.165, 1.54) is 37.5 Å². The lowest BCUT2D eigenvalue weighted by Gasteiger charge is -2.04. The average Bonchev–Trinajstić information content (AvgIpc) is 2.59. The number of hydrogen-bond donors (Lipinski definition) is 0. The van der Waals surface area contributed by atoms with Crippen molar-refractivity contribution >= 4 is 17.8 Å². The molecule has 0 saturated heterocycles. The number of ketones is 1. The molecule has 0 atom stereocenters. The zero-order valence-electron chi connectivity index (χ0n) is 12.7. The van der Waals surface area contributed by atoms with Gasteiger partial charge in [0.2, 0.25) is 0 Å². The molecule has 24 heavy (non-hydrogen) atoms. The van der Waals surface area contributed by atoms with E-state index in [1.807, 2.05) is 0 Å². The largest absolute Gasteiger partial charge is 0.465 e. The van der Waals surface area contributed by atoms with Crippen LogP contribution in [-0.2, 0) is 4.74 Å². The molecule has 2 rings (SSSR count). The van der Waals surface area contributed by atoms with Crippen LogP contribution in [0.1, 0.15) is 26.3 Å². The van der Waals surface area contributed by atoms with Crippen molar-refractivity contribution in [3.05, 3.63) is 71.3 Å². The Morgan fingerprint density at radius 3 is 2.08 bits per heavy atom. The lowest BCUT2D eigenvalue weighted by atomic mass is 10.1. The van der Waals surface area contributed by atoms with E-state index in [4.69, 9.17) is 0 Å². The van der Waals surface area contributed by atoms with Gasteiger partial charge in [-0.25, -0.2) is 4.79 Å². The Hall–Kier alpha value is -3.02. The van der Waals surface area contributed by atoms with E-state index in [0.717, 1.165) is 5.56 Å². The van der Waals surface area contributed by atoms with E-state index >= 15 is 0 Å². The van der Waals surface area contributed by atoms with Gasteiger partial charge in [0, 0.05) is 5.56 Å². The van der Waals surface area contributed by atoms with Gasteiger partial charge in [-0.3, -0.25) is 4.79 Å². The summed E-state index contributed by atoms with van der Waals surface area (Å²) in [6.45, 7) is -2.90. The van der Waals surface area contributed by atoms with Crippen LogP contribution in [0, 0.1) is 0 Å². The van der Waals surface area contributed by atoms with Gasteiger partial charge in [-0.1, -0.05) is 18.2 Å². The molecule has 0 aromatic heterocycles. The summed E-state index contributed by atoms with van der Waals surface area (Å²) in [5.74, 6) is -0.729. The number of halogens is 2. The van der Waals surface area contributed by atoms with Crippen LogP contribution >= 0.6 is 0 Å². The van der Waals surface area contributed by atoms with Crippen LogP contribution in [0.5, 0.6) is 5.75 Å². The molecule has 0 bridgehead atoms. The number of rotatable bonds is 6. The number of ether oxygens (including phenoxy) is 2. The Morgan fingerprint density at radius 2 is 1.54 bits per heavy atom. The third-order valence-electron chi connectivity index (χ3n) is 3.12. The highest BCUT2D eigenvalue weighted by atomic mass is 19.3. The molecule has 124 valence electrons. The van der Waals surface area contributed by atoms with Crippen LogP contribution in [0.3, 0.4) is 0 Å². The highest BCUT2D eigenvalue weighted by Crippen LogP contribution is 2.16. The van der Waals surface area contributed by atoms with Gasteiger partial charge >= 0.3 is 12.6 Å². The highest BCUT2D eigenvalue weighted by molar-refractivity contribution is 6.06. The van der Waals surface area contributed by atoms with E-state index in [-0.39, 0.29) is 11.5 Å². The molecule has 0 heterocycles. The van der Waals surface area contributed by atoms with Crippen molar-refractivity contribution in [2.75, 3.05) is 7.11 Å². The minimum Gasteiger partial charge on any atom is -0.465 e. The number of methoxy groups -OCH3 is 1. The molecule has 0 radical (unpaired) electrons. The molecule has 0 N–H and O–H groups in total. The number of alkyl halides is 2. The van der Waals surface area contributed by atoms with Crippen molar-refractivity contribution in [2.24, 2.45) is 0 Å². The molecule has 0 fully saturated rings. The molecule has 0 unspecified atom stereocenters. The molecule has 6 heteroatoms. The van der Waals surface area contributed by atoms with Gasteiger partial charge in [-0.15, -0.1) is 0 Å². The van der Waals surface area contributed by atoms with Crippen LogP contribution < -0.4 is 4.74 Å². The number of esters is 1. The van der Waals surface area contributed by atoms with E-state index in [1.54, 1.807) is 30.3 Å². The Kier molecular flexibility index (Phi) is 5.78. The molecule has 4 nitrogen and oxygen atoms in total. The highest BCUT2D eigenvalue weighted by Gasteiger charge is 2.06. The van der Waals surface area contributed by atoms with Crippen molar-refractivity contribution in [1.82, 2.24) is 0 Å². The first-order valence-corrected chi connectivity index (χ1v) is 6.95. The summed E-state index contributed by atoms with van der Waals surface area (Å²) in [5, 5.41) is 0. The predicted molar refractivity (Wildman–Crippen MR) is 84.2 cm³/mol. The fraction of sp³-hybridized carbons (Fsp3) is 0.111. The van der Waals surface area contributed by atoms with Crippen molar-refractivity contribution in [2.45, 2.75) is 6.61 Å². The van der Waals surface area contributed by atoms with E-state index in [2.05, 4.69) is 9.47 Å². The van der Waals surface area contributed by atoms with Gasteiger partial charge in [-0.05, 0) is 48.0 Å². The predicted octanol–water partition coefficient (Wildman–Crippen LogP) is 3.97. The van der Waals surface area contributed by atoms with Gasteiger partial charge in [0.1, 0.15) is 5.75 Å². The lowest BCUT2D eigenvalue weighted by Crippen LogP contribution is -2.02. The average molecular weight is 332 g/mol. The summed E-state index contributed by atoms with van der Waals surface area (Å²) in [6, 6.07) is 12.0. The van der Waals surface area contributed by atoms with Gasteiger partial charge in [0.25, 0.3) is 0 Å². The van der Waals surface area contributed by atoms with Crippen LogP contribution in [-0.4, -0.2) is 25.5 Å². The molecule has 0 aliphatic heterocycles. The standard InChI is InChI=1S/C18H14F2O4/c1-23-17(22)14-5-2-12(3-6-14)4-11-16(21)13-7-9-15(10-8-13)24-18(19)20/h2-11,18H,1H3. The summed E-state index contributed by atoms with van der Waals surface area (Å²) < 4.78 is 32.9. The summed E-state index contributed by atoms with van der Waals surface area (Å²) in [7, 11) is 1.30. The minimum atomic E-state index is -2.90. The van der Waals surface area contributed by atoms with Crippen LogP contribution in [0.2, 0.25) is 0 Å². The molecule has 0 amide bonds. The zero-order valence-corrected chi connectivity index (χ0v) is 12.7. The second kappa shape index (κ2) is 8.01. The molecule has 0 saturated carbocycles. The van der Waals surface area contributed by atoms with E-state index < -0.39 is 12.6 Å². The third-order valence-corrected chi connectivity index (χ3v) is 3.12. The Labute approximate surface area is 137 Å². The molecule has 0 spiro atoms. The smallest absolute Gasteiger partial charge is 0.387 e. The fourth-order valence-corrected chi connectivity index (χ4v) is 1.92. The maximum Gasteiger partial charge on any atom is 0.387 e. The first-order valence-electron chi connectivity index (χ1n) is 6.95. The van der Waals surface area contributed by atoms with Crippen LogP contribution in [0.25, 0.3) is 6.08 Å². The Balaban J connectivity index is 2.03.